The molecule has 1 aromatic heterocycles. The van der Waals surface area contributed by atoms with Crippen LogP contribution in [0.1, 0.15) is 17.0 Å². The van der Waals surface area contributed by atoms with Crippen molar-refractivity contribution in [1.29, 1.82) is 0 Å². The molecule has 0 fully saturated rings. The van der Waals surface area contributed by atoms with Crippen molar-refractivity contribution < 1.29 is 24.1 Å². The van der Waals surface area contributed by atoms with Crippen LogP contribution >= 0.6 is 0 Å². The van der Waals surface area contributed by atoms with E-state index in [0.717, 1.165) is 11.3 Å². The lowest BCUT2D eigenvalue weighted by molar-refractivity contribution is -0.141. The number of nitrogens with zero attached hydrogens (tertiary/aromatic N) is 2. The van der Waals surface area contributed by atoms with Crippen LogP contribution in [0.3, 0.4) is 0 Å². The standard InChI is InChI=1S/C17H20N2O5/c1-11-7-13(18-19(11)10-16(20)24-4)6-5-12-8-14(22-2)17(21)15(9-12)23-3/h5-9,21H,10H2,1-4H3. The lowest BCUT2D eigenvalue weighted by atomic mass is 10.1. The molecule has 0 spiro atoms. The van der Waals surface area contributed by atoms with Gasteiger partial charge in [-0.1, -0.05) is 6.08 Å². The van der Waals surface area contributed by atoms with Crippen LogP contribution in [0.4, 0.5) is 0 Å². The maximum absolute atomic E-state index is 11.3. The SMILES string of the molecule is COC(=O)Cn1nc(C=Cc2cc(OC)c(O)c(OC)c2)cc1C. The van der Waals surface area contributed by atoms with Crippen LogP contribution in [0.15, 0.2) is 18.2 Å². The van der Waals surface area contributed by atoms with Crippen LogP contribution in [-0.4, -0.2) is 42.2 Å². The Morgan fingerprint density at radius 2 is 1.79 bits per heavy atom. The highest BCUT2D eigenvalue weighted by molar-refractivity contribution is 5.72. The normalized spacial score (nSPS) is 10.8. The molecule has 0 amide bonds. The molecule has 0 saturated carbocycles. The first-order chi connectivity index (χ1) is 11.5. The number of phenolic OH excluding ortho intramolecular Hbond substituents is 1. The van der Waals surface area contributed by atoms with Gasteiger partial charge in [-0.05, 0) is 36.8 Å². The summed E-state index contributed by atoms with van der Waals surface area (Å²) >= 11 is 0. The zero-order chi connectivity index (χ0) is 17.7. The van der Waals surface area contributed by atoms with E-state index in [1.807, 2.05) is 19.1 Å². The average molecular weight is 332 g/mol. The number of phenols is 1. The largest absolute Gasteiger partial charge is 0.502 e. The van der Waals surface area contributed by atoms with Crippen molar-refractivity contribution in [2.75, 3.05) is 21.3 Å². The number of aryl methyl sites for hydroxylation is 1. The molecule has 0 saturated heterocycles. The van der Waals surface area contributed by atoms with Gasteiger partial charge in [-0.25, -0.2) is 0 Å². The molecule has 2 rings (SSSR count). The van der Waals surface area contributed by atoms with Gasteiger partial charge in [-0.15, -0.1) is 0 Å². The smallest absolute Gasteiger partial charge is 0.327 e. The van der Waals surface area contributed by atoms with E-state index in [2.05, 4.69) is 9.84 Å². The summed E-state index contributed by atoms with van der Waals surface area (Å²) in [6.07, 6.45) is 3.61. The van der Waals surface area contributed by atoms with Gasteiger partial charge in [0.2, 0.25) is 5.75 Å². The number of carbonyl (C=O) groups is 1. The predicted octanol–water partition coefficient (Wildman–Crippen LogP) is 2.26. The summed E-state index contributed by atoms with van der Waals surface area (Å²) in [5.74, 6) is 0.239. The molecule has 0 radical (unpaired) electrons. The fourth-order valence-corrected chi connectivity index (χ4v) is 2.16. The Hall–Kier alpha value is -2.96. The molecule has 1 heterocycles. The molecule has 7 heteroatoms. The van der Waals surface area contributed by atoms with E-state index in [4.69, 9.17) is 9.47 Å². The highest BCUT2D eigenvalue weighted by Gasteiger charge is 2.10. The Balaban J connectivity index is 2.25. The number of benzene rings is 1. The minimum atomic E-state index is -0.357. The number of ether oxygens (including phenoxy) is 3. The molecule has 128 valence electrons. The van der Waals surface area contributed by atoms with E-state index < -0.39 is 0 Å². The van der Waals surface area contributed by atoms with Gasteiger partial charge in [-0.2, -0.15) is 5.10 Å². The lowest BCUT2D eigenvalue weighted by Crippen LogP contribution is -2.13. The number of hydrogen-bond donors (Lipinski definition) is 1. The van der Waals surface area contributed by atoms with Crippen molar-refractivity contribution in [3.05, 3.63) is 35.2 Å². The zero-order valence-electron chi connectivity index (χ0n) is 14.1. The Morgan fingerprint density at radius 1 is 1.17 bits per heavy atom. The summed E-state index contributed by atoms with van der Waals surface area (Å²) in [5, 5.41) is 14.2. The second-order valence-corrected chi connectivity index (χ2v) is 5.05. The molecule has 0 atom stereocenters. The molecule has 0 unspecified atom stereocenters. The van der Waals surface area contributed by atoms with E-state index in [-0.39, 0.29) is 18.3 Å². The average Bonchev–Trinajstić information content (AvgIpc) is 2.93. The summed E-state index contributed by atoms with van der Waals surface area (Å²) in [4.78, 5) is 11.3. The van der Waals surface area contributed by atoms with Crippen LogP contribution in [0.5, 0.6) is 17.2 Å². The minimum absolute atomic E-state index is 0.0460. The first-order valence-corrected chi connectivity index (χ1v) is 7.22. The highest BCUT2D eigenvalue weighted by Crippen LogP contribution is 2.37. The van der Waals surface area contributed by atoms with Crippen molar-refractivity contribution in [3.63, 3.8) is 0 Å². The maximum atomic E-state index is 11.3. The van der Waals surface area contributed by atoms with Crippen molar-refractivity contribution >= 4 is 18.1 Å². The Labute approximate surface area is 140 Å². The topological polar surface area (TPSA) is 82.8 Å². The maximum Gasteiger partial charge on any atom is 0.327 e. The first-order valence-electron chi connectivity index (χ1n) is 7.22. The minimum Gasteiger partial charge on any atom is -0.502 e. The molecule has 0 bridgehead atoms. The molecule has 2 aromatic rings. The second kappa shape index (κ2) is 7.54. The van der Waals surface area contributed by atoms with Gasteiger partial charge in [-0.3, -0.25) is 9.48 Å². The number of esters is 1. The van der Waals surface area contributed by atoms with Gasteiger partial charge >= 0.3 is 5.97 Å². The third-order valence-corrected chi connectivity index (χ3v) is 3.46. The zero-order valence-corrected chi connectivity index (χ0v) is 14.1. The molecule has 0 aliphatic carbocycles. The van der Waals surface area contributed by atoms with Gasteiger partial charge in [0.1, 0.15) is 6.54 Å². The summed E-state index contributed by atoms with van der Waals surface area (Å²) in [7, 11) is 4.28. The lowest BCUT2D eigenvalue weighted by Gasteiger charge is -2.09. The highest BCUT2D eigenvalue weighted by atomic mass is 16.5. The first kappa shape index (κ1) is 17.4. The predicted molar refractivity (Wildman–Crippen MR) is 89.1 cm³/mol. The summed E-state index contributed by atoms with van der Waals surface area (Å²) < 4.78 is 16.5. The number of rotatable bonds is 6. The van der Waals surface area contributed by atoms with E-state index >= 15 is 0 Å². The fraction of sp³-hybridized carbons (Fsp3) is 0.294. The Morgan fingerprint density at radius 3 is 2.33 bits per heavy atom. The van der Waals surface area contributed by atoms with Crippen LogP contribution in [0.25, 0.3) is 12.2 Å². The van der Waals surface area contributed by atoms with Crippen LogP contribution < -0.4 is 9.47 Å². The quantitative estimate of drug-likeness (QED) is 0.817. The molecular formula is C17H20N2O5. The third-order valence-electron chi connectivity index (χ3n) is 3.46. The van der Waals surface area contributed by atoms with Crippen LogP contribution in [-0.2, 0) is 16.1 Å². The third kappa shape index (κ3) is 3.87. The second-order valence-electron chi connectivity index (χ2n) is 5.05. The van der Waals surface area contributed by atoms with Crippen molar-refractivity contribution in [2.24, 2.45) is 0 Å². The molecule has 0 aliphatic rings. The van der Waals surface area contributed by atoms with Crippen LogP contribution in [0, 0.1) is 6.92 Å². The van der Waals surface area contributed by atoms with Gasteiger partial charge in [0.05, 0.1) is 27.0 Å². The van der Waals surface area contributed by atoms with E-state index in [1.165, 1.54) is 21.3 Å². The summed E-state index contributed by atoms with van der Waals surface area (Å²) in [6, 6.07) is 5.23. The van der Waals surface area contributed by atoms with Crippen molar-refractivity contribution in [2.45, 2.75) is 13.5 Å². The molecule has 0 aliphatic heterocycles. The van der Waals surface area contributed by atoms with Crippen molar-refractivity contribution in [3.8, 4) is 17.2 Å². The molecule has 24 heavy (non-hydrogen) atoms. The Kier molecular flexibility index (Phi) is 5.47. The number of hydrogen-bond acceptors (Lipinski definition) is 6. The monoisotopic (exact) mass is 332 g/mol. The molecule has 1 aromatic carbocycles. The molecule has 1 N–H and O–H groups in total. The number of aromatic nitrogens is 2. The van der Waals surface area contributed by atoms with E-state index in [9.17, 15) is 9.90 Å². The van der Waals surface area contributed by atoms with Gasteiger partial charge in [0, 0.05) is 5.69 Å². The molecular weight excluding hydrogens is 312 g/mol. The van der Waals surface area contributed by atoms with E-state index in [0.29, 0.717) is 17.2 Å². The summed E-state index contributed by atoms with van der Waals surface area (Å²) in [6.45, 7) is 1.93. The Bertz CT molecular complexity index is 739. The van der Waals surface area contributed by atoms with Crippen molar-refractivity contribution in [1.82, 2.24) is 9.78 Å². The molecule has 7 nitrogen and oxygen atoms in total. The fourth-order valence-electron chi connectivity index (χ4n) is 2.16. The van der Waals surface area contributed by atoms with Crippen LogP contribution in [0.2, 0.25) is 0 Å². The number of methoxy groups -OCH3 is 3. The number of aromatic hydroxyl groups is 1. The van der Waals surface area contributed by atoms with Gasteiger partial charge < -0.3 is 19.3 Å². The summed E-state index contributed by atoms with van der Waals surface area (Å²) in [5.41, 5.74) is 2.32. The van der Waals surface area contributed by atoms with Gasteiger partial charge in [0.25, 0.3) is 0 Å². The van der Waals surface area contributed by atoms with Gasteiger partial charge in [0.15, 0.2) is 11.5 Å². The number of carbonyl (C=O) groups excluding carboxylic acids is 1. The van der Waals surface area contributed by atoms with E-state index in [1.54, 1.807) is 22.9 Å².